The molecule has 17 heavy (non-hydrogen) atoms. The minimum Gasteiger partial charge on any atom is -0.309 e. The number of thiophene rings is 2. The first kappa shape index (κ1) is 14.3. The van der Waals surface area contributed by atoms with Crippen molar-refractivity contribution in [2.75, 3.05) is 7.05 Å². The third-order valence-electron chi connectivity index (χ3n) is 2.28. The fraction of sp³-hybridized carbons (Fsp3) is 0.200. The van der Waals surface area contributed by atoms with E-state index in [4.69, 9.17) is 23.2 Å². The van der Waals surface area contributed by atoms with Crippen molar-refractivity contribution < 1.29 is 0 Å². The van der Waals surface area contributed by atoms with Gasteiger partial charge in [0.2, 0.25) is 0 Å². The van der Waals surface area contributed by atoms with Gasteiger partial charge in [0.1, 0.15) is 0 Å². The topological polar surface area (TPSA) is 12.0 Å². The van der Waals surface area contributed by atoms with Crippen LogP contribution in [0, 0.1) is 0 Å². The number of rotatable bonds is 3. The lowest BCUT2D eigenvalue weighted by Crippen LogP contribution is -2.17. The molecular formula is C10H7Br2Cl2NS2. The van der Waals surface area contributed by atoms with Crippen molar-refractivity contribution >= 4 is 77.7 Å². The van der Waals surface area contributed by atoms with Crippen LogP contribution in [0.1, 0.15) is 17.2 Å². The summed E-state index contributed by atoms with van der Waals surface area (Å²) in [6.07, 6.45) is 0. The second kappa shape index (κ2) is 5.90. The van der Waals surface area contributed by atoms with Crippen LogP contribution in [0.3, 0.4) is 0 Å². The summed E-state index contributed by atoms with van der Waals surface area (Å²) in [6, 6.07) is 4.04. The van der Waals surface area contributed by atoms with Gasteiger partial charge in [-0.25, -0.2) is 0 Å². The normalized spacial score (nSPS) is 13.0. The molecule has 0 fully saturated rings. The standard InChI is InChI=1S/C10H7Br2Cl2NS2/c1-15-8(4-2-6(11)16-9(4)12)5-3-7(13)17-10(5)14/h2-3,8,15H,1H3. The van der Waals surface area contributed by atoms with Crippen molar-refractivity contribution in [3.63, 3.8) is 0 Å². The number of halogens is 4. The third-order valence-corrected chi connectivity index (χ3v) is 6.18. The Morgan fingerprint density at radius 3 is 2.29 bits per heavy atom. The van der Waals surface area contributed by atoms with E-state index in [-0.39, 0.29) is 6.04 Å². The van der Waals surface area contributed by atoms with Crippen molar-refractivity contribution in [2.24, 2.45) is 0 Å². The SMILES string of the molecule is CNC(c1cc(Cl)sc1Cl)c1cc(Br)sc1Br. The summed E-state index contributed by atoms with van der Waals surface area (Å²) in [4.78, 5) is 0. The maximum Gasteiger partial charge on any atom is 0.0995 e. The molecule has 0 aliphatic carbocycles. The second-order valence-electron chi connectivity index (χ2n) is 3.28. The molecule has 0 radical (unpaired) electrons. The fourth-order valence-electron chi connectivity index (χ4n) is 1.58. The highest BCUT2D eigenvalue weighted by molar-refractivity contribution is 9.12. The summed E-state index contributed by atoms with van der Waals surface area (Å²) in [5, 5.41) is 3.26. The van der Waals surface area contributed by atoms with Crippen LogP contribution in [0.2, 0.25) is 8.67 Å². The molecule has 0 aliphatic heterocycles. The van der Waals surface area contributed by atoms with Crippen LogP contribution in [0.4, 0.5) is 0 Å². The van der Waals surface area contributed by atoms with Crippen molar-refractivity contribution in [1.82, 2.24) is 5.32 Å². The Balaban J connectivity index is 2.47. The van der Waals surface area contributed by atoms with Crippen LogP contribution in [-0.4, -0.2) is 7.05 Å². The highest BCUT2D eigenvalue weighted by Gasteiger charge is 2.21. The zero-order chi connectivity index (χ0) is 12.6. The predicted molar refractivity (Wildman–Crippen MR) is 85.0 cm³/mol. The molecule has 2 rings (SSSR count). The summed E-state index contributed by atoms with van der Waals surface area (Å²) >= 11 is 22.3. The van der Waals surface area contributed by atoms with Crippen molar-refractivity contribution in [3.05, 3.63) is 39.5 Å². The first-order valence-corrected chi connectivity index (χ1v) is 8.57. The summed E-state index contributed by atoms with van der Waals surface area (Å²) < 4.78 is 3.60. The van der Waals surface area contributed by atoms with Gasteiger partial charge >= 0.3 is 0 Å². The Morgan fingerprint density at radius 1 is 1.18 bits per heavy atom. The van der Waals surface area contributed by atoms with Crippen LogP contribution in [-0.2, 0) is 0 Å². The monoisotopic (exact) mass is 433 g/mol. The Kier molecular flexibility index (Phi) is 4.97. The van der Waals surface area contributed by atoms with Gasteiger partial charge in [-0.2, -0.15) is 0 Å². The molecule has 0 amide bonds. The van der Waals surface area contributed by atoms with Crippen LogP contribution in [0.25, 0.3) is 0 Å². The van der Waals surface area contributed by atoms with Crippen molar-refractivity contribution in [3.8, 4) is 0 Å². The van der Waals surface area contributed by atoms with E-state index in [0.717, 1.165) is 23.0 Å². The summed E-state index contributed by atoms with van der Waals surface area (Å²) in [5.41, 5.74) is 2.16. The summed E-state index contributed by atoms with van der Waals surface area (Å²) in [7, 11) is 1.91. The van der Waals surface area contributed by atoms with Gasteiger partial charge in [-0.05, 0) is 56.6 Å². The molecular weight excluding hydrogens is 429 g/mol. The van der Waals surface area contributed by atoms with E-state index in [1.165, 1.54) is 11.3 Å². The smallest absolute Gasteiger partial charge is 0.0995 e. The maximum absolute atomic E-state index is 6.20. The largest absolute Gasteiger partial charge is 0.309 e. The van der Waals surface area contributed by atoms with Crippen LogP contribution in [0.15, 0.2) is 19.7 Å². The van der Waals surface area contributed by atoms with Gasteiger partial charge in [-0.15, -0.1) is 22.7 Å². The lowest BCUT2D eigenvalue weighted by Gasteiger charge is -2.15. The molecule has 0 aromatic carbocycles. The van der Waals surface area contributed by atoms with Crippen LogP contribution in [0.5, 0.6) is 0 Å². The van der Waals surface area contributed by atoms with Crippen molar-refractivity contribution in [1.29, 1.82) is 0 Å². The highest BCUT2D eigenvalue weighted by Crippen LogP contribution is 2.42. The number of hydrogen-bond donors (Lipinski definition) is 1. The zero-order valence-corrected chi connectivity index (χ0v) is 14.9. The third kappa shape index (κ3) is 3.08. The molecule has 1 unspecified atom stereocenters. The van der Waals surface area contributed by atoms with Gasteiger partial charge in [0.25, 0.3) is 0 Å². The molecule has 1 atom stereocenters. The molecule has 0 spiro atoms. The first-order chi connectivity index (χ1) is 8.02. The Labute approximate surface area is 134 Å². The van der Waals surface area contributed by atoms with Gasteiger partial charge < -0.3 is 5.32 Å². The molecule has 0 saturated heterocycles. The average Bonchev–Trinajstić information content (AvgIpc) is 2.73. The lowest BCUT2D eigenvalue weighted by molar-refractivity contribution is 0.694. The zero-order valence-electron chi connectivity index (χ0n) is 8.56. The predicted octanol–water partition coefficient (Wildman–Crippen LogP) is 5.95. The van der Waals surface area contributed by atoms with Crippen molar-refractivity contribution in [2.45, 2.75) is 6.04 Å². The quantitative estimate of drug-likeness (QED) is 0.628. The molecule has 2 aromatic rings. The highest BCUT2D eigenvalue weighted by atomic mass is 79.9. The first-order valence-electron chi connectivity index (χ1n) is 4.59. The second-order valence-corrected chi connectivity index (χ2v) is 9.32. The van der Waals surface area contributed by atoms with Gasteiger partial charge in [-0.1, -0.05) is 23.2 Å². The van der Waals surface area contributed by atoms with E-state index in [9.17, 15) is 0 Å². The number of nitrogens with one attached hydrogen (secondary N) is 1. The summed E-state index contributed by atoms with van der Waals surface area (Å²) in [6.45, 7) is 0. The van der Waals surface area contributed by atoms with Gasteiger partial charge in [0.05, 0.1) is 22.3 Å². The van der Waals surface area contributed by atoms with Gasteiger partial charge in [-0.3, -0.25) is 0 Å². The minimum absolute atomic E-state index is 0.0446. The van der Waals surface area contributed by atoms with Gasteiger partial charge in [0, 0.05) is 5.56 Å². The molecule has 1 N–H and O–H groups in total. The molecule has 2 aromatic heterocycles. The molecule has 92 valence electrons. The fourth-order valence-corrected chi connectivity index (χ4v) is 6.01. The molecule has 0 aliphatic rings. The summed E-state index contributed by atoms with van der Waals surface area (Å²) in [5.74, 6) is 0. The maximum atomic E-state index is 6.20. The van der Waals surface area contributed by atoms with E-state index < -0.39 is 0 Å². The van der Waals surface area contributed by atoms with E-state index in [1.807, 2.05) is 13.1 Å². The van der Waals surface area contributed by atoms with E-state index in [1.54, 1.807) is 11.3 Å². The Morgan fingerprint density at radius 2 is 1.88 bits per heavy atom. The molecule has 7 heteroatoms. The van der Waals surface area contributed by atoms with Crippen LogP contribution >= 0.6 is 77.7 Å². The number of hydrogen-bond acceptors (Lipinski definition) is 3. The Bertz CT molecular complexity index is 492. The van der Waals surface area contributed by atoms with E-state index in [2.05, 4.69) is 43.2 Å². The van der Waals surface area contributed by atoms with E-state index >= 15 is 0 Å². The van der Waals surface area contributed by atoms with E-state index in [0.29, 0.717) is 4.34 Å². The Hall–Kier alpha value is 0.900. The average molecular weight is 436 g/mol. The molecule has 0 bridgehead atoms. The minimum atomic E-state index is 0.0446. The molecule has 0 saturated carbocycles. The molecule has 2 heterocycles. The molecule has 1 nitrogen and oxygen atoms in total. The lowest BCUT2D eigenvalue weighted by atomic mass is 10.1. The van der Waals surface area contributed by atoms with Crippen LogP contribution < -0.4 is 5.32 Å². The van der Waals surface area contributed by atoms with Gasteiger partial charge in [0.15, 0.2) is 0 Å².